The van der Waals surface area contributed by atoms with Crippen molar-refractivity contribution in [3.8, 4) is 0 Å². The second kappa shape index (κ2) is 35.5. The summed E-state index contributed by atoms with van der Waals surface area (Å²) in [5.74, 6) is 0. The minimum atomic E-state index is 1.22. The van der Waals surface area contributed by atoms with E-state index >= 15 is 0 Å². The minimum absolute atomic E-state index is 1.22. The van der Waals surface area contributed by atoms with Crippen LogP contribution in [0.3, 0.4) is 0 Å². The molecule has 1 aromatic rings. The van der Waals surface area contributed by atoms with Crippen LogP contribution >= 0.6 is 0 Å². The lowest BCUT2D eigenvalue weighted by Crippen LogP contribution is -2.34. The molecule has 1 rings (SSSR count). The van der Waals surface area contributed by atoms with Gasteiger partial charge in [0.25, 0.3) is 0 Å². The predicted octanol–water partition coefficient (Wildman–Crippen LogP) is 15.4. The van der Waals surface area contributed by atoms with E-state index in [0.717, 1.165) is 0 Å². The molecule has 0 aliphatic carbocycles. The smallest absolute Gasteiger partial charge is 0.171 e. The first kappa shape index (κ1) is 43.2. The van der Waals surface area contributed by atoms with Crippen LogP contribution in [0.15, 0.2) is 18.5 Å². The van der Waals surface area contributed by atoms with Crippen LogP contribution in [-0.2, 0) is 19.4 Å². The Morgan fingerprint density at radius 1 is 0.304 bits per heavy atom. The molecule has 0 aliphatic heterocycles. The summed E-state index contributed by atoms with van der Waals surface area (Å²) >= 11 is 0. The van der Waals surface area contributed by atoms with E-state index in [-0.39, 0.29) is 0 Å². The molecule has 0 fully saturated rings. The number of nitrogens with zero attached hydrogens (tertiary/aromatic N) is 1. The van der Waals surface area contributed by atoms with Gasteiger partial charge in [0.2, 0.25) is 0 Å². The molecule has 1 nitrogen and oxygen atoms in total. The van der Waals surface area contributed by atoms with Crippen molar-refractivity contribution in [1.82, 2.24) is 0 Å². The van der Waals surface area contributed by atoms with Gasteiger partial charge in [-0.25, -0.2) is 4.57 Å². The molecule has 270 valence electrons. The van der Waals surface area contributed by atoms with E-state index in [1.807, 2.05) is 0 Å². The first-order valence-electron chi connectivity index (χ1n) is 21.8. The normalized spacial score (nSPS) is 11.5. The Labute approximate surface area is 291 Å². The Balaban J connectivity index is 2.27. The van der Waals surface area contributed by atoms with E-state index in [4.69, 9.17) is 0 Å². The fraction of sp³-hybridized carbons (Fsp3) is 0.889. The van der Waals surface area contributed by atoms with Gasteiger partial charge in [-0.1, -0.05) is 213 Å². The third-order valence-corrected chi connectivity index (χ3v) is 10.4. The van der Waals surface area contributed by atoms with Crippen LogP contribution in [0.4, 0.5) is 0 Å². The summed E-state index contributed by atoms with van der Waals surface area (Å²) in [5.41, 5.74) is 3.21. The fourth-order valence-electron chi connectivity index (χ4n) is 7.30. The third kappa shape index (κ3) is 29.3. The molecule has 0 amide bonds. The summed E-state index contributed by atoms with van der Waals surface area (Å²) in [5, 5.41) is 0. The van der Waals surface area contributed by atoms with E-state index in [9.17, 15) is 0 Å². The van der Waals surface area contributed by atoms with Crippen molar-refractivity contribution in [3.05, 3.63) is 29.6 Å². The summed E-state index contributed by atoms with van der Waals surface area (Å²) in [7, 11) is 0. The van der Waals surface area contributed by atoms with Crippen LogP contribution in [-0.4, -0.2) is 0 Å². The summed E-state index contributed by atoms with van der Waals surface area (Å²) in [6, 6.07) is 2.57. The van der Waals surface area contributed by atoms with Crippen molar-refractivity contribution in [3.63, 3.8) is 0 Å². The van der Waals surface area contributed by atoms with Gasteiger partial charge in [-0.3, -0.25) is 0 Å². The van der Waals surface area contributed by atoms with Gasteiger partial charge in [0, 0.05) is 17.5 Å². The van der Waals surface area contributed by atoms with E-state index in [1.54, 1.807) is 11.1 Å². The van der Waals surface area contributed by atoms with Gasteiger partial charge in [0.05, 0.1) is 0 Å². The molecule has 0 radical (unpaired) electrons. The maximum absolute atomic E-state index is 2.58. The SMILES string of the molecule is CCCCCCCCCCCCCCCCCC[n+]1cc(CCCCCCCCCCC)cc(CCCCCCCCCCC)c1. The van der Waals surface area contributed by atoms with Crippen LogP contribution in [0.1, 0.15) is 250 Å². The topological polar surface area (TPSA) is 3.88 Å². The van der Waals surface area contributed by atoms with Gasteiger partial charge in [0.1, 0.15) is 6.54 Å². The minimum Gasteiger partial charge on any atom is -0.205 e. The summed E-state index contributed by atoms with van der Waals surface area (Å²) in [4.78, 5) is 0. The Morgan fingerprint density at radius 2 is 0.543 bits per heavy atom. The van der Waals surface area contributed by atoms with Gasteiger partial charge in [-0.2, -0.15) is 0 Å². The Bertz CT molecular complexity index is 683. The first-order valence-corrected chi connectivity index (χ1v) is 21.8. The Morgan fingerprint density at radius 3 is 0.826 bits per heavy atom. The lowest BCUT2D eigenvalue weighted by Gasteiger charge is -2.07. The highest BCUT2D eigenvalue weighted by atomic mass is 14.9. The number of unbranched alkanes of at least 4 members (excludes halogenated alkanes) is 31. The Kier molecular flexibility index (Phi) is 33.3. The maximum Gasteiger partial charge on any atom is 0.171 e. The molecular weight excluding hydrogens is 555 g/mol. The molecule has 0 aromatic carbocycles. The van der Waals surface area contributed by atoms with Gasteiger partial charge >= 0.3 is 0 Å². The molecule has 0 spiro atoms. The highest BCUT2D eigenvalue weighted by Gasteiger charge is 2.09. The quantitative estimate of drug-likeness (QED) is 0.0503. The highest BCUT2D eigenvalue weighted by molar-refractivity contribution is 5.15. The largest absolute Gasteiger partial charge is 0.205 e. The summed E-state index contributed by atoms with van der Waals surface area (Å²) < 4.78 is 2.58. The van der Waals surface area contributed by atoms with Crippen molar-refractivity contribution >= 4 is 0 Å². The molecule has 1 heterocycles. The van der Waals surface area contributed by atoms with E-state index < -0.39 is 0 Å². The zero-order valence-corrected chi connectivity index (χ0v) is 32.3. The predicted molar refractivity (Wildman–Crippen MR) is 208 cm³/mol. The van der Waals surface area contributed by atoms with Crippen molar-refractivity contribution in [2.24, 2.45) is 0 Å². The zero-order chi connectivity index (χ0) is 33.0. The number of rotatable bonds is 37. The average Bonchev–Trinajstić information content (AvgIpc) is 3.06. The molecule has 0 atom stereocenters. The molecular formula is C45H86N+. The average molecular weight is 641 g/mol. The molecule has 0 N–H and O–H groups in total. The molecule has 1 aromatic heterocycles. The number of aryl methyl sites for hydroxylation is 3. The summed E-state index contributed by atoms with van der Waals surface area (Å²) in [6.07, 6.45) is 56.3. The van der Waals surface area contributed by atoms with Gasteiger partial charge in [-0.15, -0.1) is 0 Å². The monoisotopic (exact) mass is 641 g/mol. The van der Waals surface area contributed by atoms with Gasteiger partial charge in [-0.05, 0) is 38.2 Å². The second-order valence-corrected chi connectivity index (χ2v) is 15.3. The molecule has 0 bridgehead atoms. The lowest BCUT2D eigenvalue weighted by molar-refractivity contribution is -0.698. The molecule has 46 heavy (non-hydrogen) atoms. The Hall–Kier alpha value is -0.850. The maximum atomic E-state index is 2.58. The zero-order valence-electron chi connectivity index (χ0n) is 32.3. The highest BCUT2D eigenvalue weighted by Crippen LogP contribution is 2.16. The van der Waals surface area contributed by atoms with Crippen molar-refractivity contribution in [2.45, 2.75) is 258 Å². The van der Waals surface area contributed by atoms with Crippen LogP contribution < -0.4 is 4.57 Å². The van der Waals surface area contributed by atoms with Crippen LogP contribution in [0.5, 0.6) is 0 Å². The molecule has 0 saturated heterocycles. The van der Waals surface area contributed by atoms with Crippen molar-refractivity contribution in [1.29, 1.82) is 0 Å². The van der Waals surface area contributed by atoms with E-state index in [2.05, 4.69) is 43.8 Å². The van der Waals surface area contributed by atoms with Crippen molar-refractivity contribution < 1.29 is 4.57 Å². The molecule has 1 heteroatoms. The second-order valence-electron chi connectivity index (χ2n) is 15.3. The fourth-order valence-corrected chi connectivity index (χ4v) is 7.30. The standard InChI is InChI=1S/C45H86N/c1-4-7-10-13-16-19-20-21-22-23-24-25-28-31-34-37-40-46-42-44(38-35-32-29-26-17-14-11-8-5-2)41-45(43-46)39-36-33-30-27-18-15-12-9-6-3/h41-43H,4-40H2,1-3H3/q+1. The number of pyridine rings is 1. The molecule has 0 aliphatic rings. The van der Waals surface area contributed by atoms with E-state index in [1.165, 1.54) is 238 Å². The van der Waals surface area contributed by atoms with Crippen LogP contribution in [0.25, 0.3) is 0 Å². The van der Waals surface area contributed by atoms with Crippen LogP contribution in [0.2, 0.25) is 0 Å². The van der Waals surface area contributed by atoms with Crippen LogP contribution in [0, 0.1) is 0 Å². The van der Waals surface area contributed by atoms with Crippen molar-refractivity contribution in [2.75, 3.05) is 0 Å². The number of hydrogen-bond donors (Lipinski definition) is 0. The van der Waals surface area contributed by atoms with Gasteiger partial charge < -0.3 is 0 Å². The molecule has 0 unspecified atom stereocenters. The molecule has 0 saturated carbocycles. The van der Waals surface area contributed by atoms with Gasteiger partial charge in [0.15, 0.2) is 12.4 Å². The van der Waals surface area contributed by atoms with E-state index in [0.29, 0.717) is 0 Å². The number of aromatic nitrogens is 1. The number of hydrogen-bond acceptors (Lipinski definition) is 0. The summed E-state index contributed by atoms with van der Waals surface area (Å²) in [6.45, 7) is 8.16. The third-order valence-electron chi connectivity index (χ3n) is 10.4. The lowest BCUT2D eigenvalue weighted by atomic mass is 10.0. The first-order chi connectivity index (χ1) is 22.8.